The van der Waals surface area contributed by atoms with Crippen LogP contribution in [0.2, 0.25) is 0 Å². The van der Waals surface area contributed by atoms with Crippen molar-refractivity contribution in [2.24, 2.45) is 7.05 Å². The molecule has 0 saturated carbocycles. The third-order valence-corrected chi connectivity index (χ3v) is 7.51. The molecule has 0 N–H and O–H groups in total. The molecule has 0 aliphatic carbocycles. The van der Waals surface area contributed by atoms with Gasteiger partial charge in [-0.05, 0) is 30.0 Å². The summed E-state index contributed by atoms with van der Waals surface area (Å²) in [6.45, 7) is 0.999. The molecule has 1 atom stereocenters. The molecule has 1 fully saturated rings. The molecule has 1 unspecified atom stereocenters. The Morgan fingerprint density at radius 2 is 2.17 bits per heavy atom. The Morgan fingerprint density at radius 1 is 1.30 bits per heavy atom. The first-order valence-electron chi connectivity index (χ1n) is 7.38. The summed E-state index contributed by atoms with van der Waals surface area (Å²) in [5, 5.41) is 1.79. The minimum absolute atomic E-state index is 0.101. The van der Waals surface area contributed by atoms with E-state index < -0.39 is 10.0 Å². The zero-order valence-electron chi connectivity index (χ0n) is 12.6. The van der Waals surface area contributed by atoms with E-state index in [1.54, 1.807) is 28.0 Å². The summed E-state index contributed by atoms with van der Waals surface area (Å²) in [6.07, 6.45) is 2.53. The van der Waals surface area contributed by atoms with E-state index in [4.69, 9.17) is 0 Å². The number of aromatic nitrogens is 3. The maximum Gasteiger partial charge on any atom is 0.252 e. The second kappa shape index (κ2) is 5.40. The Bertz CT molecular complexity index is 947. The van der Waals surface area contributed by atoms with Crippen LogP contribution >= 0.6 is 11.3 Å². The average molecular weight is 348 g/mol. The van der Waals surface area contributed by atoms with Crippen LogP contribution in [-0.2, 0) is 17.1 Å². The number of nitrogens with zero attached hydrogens (tertiary/aromatic N) is 4. The maximum absolute atomic E-state index is 12.6. The number of imidazole rings is 1. The van der Waals surface area contributed by atoms with Gasteiger partial charge in [0, 0.05) is 32.3 Å². The third kappa shape index (κ3) is 2.37. The molecule has 23 heavy (non-hydrogen) atoms. The number of pyridine rings is 1. The van der Waals surface area contributed by atoms with E-state index in [9.17, 15) is 8.42 Å². The van der Waals surface area contributed by atoms with Gasteiger partial charge < -0.3 is 4.57 Å². The monoisotopic (exact) mass is 348 g/mol. The SMILES string of the molecule is Cn1c(C2CCN(S(=O)(=O)c3cccs3)C2)nc2cccnc21. The van der Waals surface area contributed by atoms with E-state index in [-0.39, 0.29) is 5.92 Å². The number of fused-ring (bicyclic) bond motifs is 1. The van der Waals surface area contributed by atoms with Crippen molar-refractivity contribution in [3.05, 3.63) is 41.7 Å². The zero-order chi connectivity index (χ0) is 16.0. The maximum atomic E-state index is 12.6. The van der Waals surface area contributed by atoms with Gasteiger partial charge in [0.15, 0.2) is 5.65 Å². The van der Waals surface area contributed by atoms with Crippen LogP contribution in [0.4, 0.5) is 0 Å². The standard InChI is InChI=1S/C15H16N4O2S2/c1-18-14(17-12-4-2-7-16-15(12)18)11-6-8-19(10-11)23(20,21)13-5-3-9-22-13/h2-5,7,9,11H,6,8,10H2,1H3. The van der Waals surface area contributed by atoms with E-state index in [0.717, 1.165) is 23.4 Å². The van der Waals surface area contributed by atoms with E-state index in [1.165, 1.54) is 11.3 Å². The molecule has 1 aliphatic rings. The molecule has 1 aliphatic heterocycles. The molecule has 4 heterocycles. The summed E-state index contributed by atoms with van der Waals surface area (Å²) in [4.78, 5) is 9.01. The molecular weight excluding hydrogens is 332 g/mol. The van der Waals surface area contributed by atoms with Crippen LogP contribution in [0.25, 0.3) is 11.2 Å². The first-order chi connectivity index (χ1) is 11.1. The van der Waals surface area contributed by atoms with Crippen molar-refractivity contribution in [2.45, 2.75) is 16.5 Å². The largest absolute Gasteiger partial charge is 0.316 e. The Morgan fingerprint density at radius 3 is 2.91 bits per heavy atom. The highest BCUT2D eigenvalue weighted by molar-refractivity contribution is 7.91. The van der Waals surface area contributed by atoms with Crippen LogP contribution in [0.3, 0.4) is 0 Å². The highest BCUT2D eigenvalue weighted by Crippen LogP contribution is 2.32. The molecule has 6 nitrogen and oxygen atoms in total. The van der Waals surface area contributed by atoms with Crippen LogP contribution in [0.5, 0.6) is 0 Å². The quantitative estimate of drug-likeness (QED) is 0.728. The molecule has 0 radical (unpaired) electrons. The first-order valence-corrected chi connectivity index (χ1v) is 9.70. The lowest BCUT2D eigenvalue weighted by Crippen LogP contribution is -2.28. The van der Waals surface area contributed by atoms with Gasteiger partial charge >= 0.3 is 0 Å². The molecule has 0 spiro atoms. The zero-order valence-corrected chi connectivity index (χ0v) is 14.2. The fourth-order valence-electron chi connectivity index (χ4n) is 3.10. The van der Waals surface area contributed by atoms with Crippen molar-refractivity contribution in [1.82, 2.24) is 18.8 Å². The number of hydrogen-bond donors (Lipinski definition) is 0. The Labute approximate surface area is 138 Å². The molecule has 3 aromatic rings. The number of thiophene rings is 1. The van der Waals surface area contributed by atoms with Crippen molar-refractivity contribution in [2.75, 3.05) is 13.1 Å². The van der Waals surface area contributed by atoms with Crippen molar-refractivity contribution in [3.8, 4) is 0 Å². The van der Waals surface area contributed by atoms with Gasteiger partial charge in [-0.25, -0.2) is 18.4 Å². The van der Waals surface area contributed by atoms with E-state index >= 15 is 0 Å². The van der Waals surface area contributed by atoms with E-state index in [2.05, 4.69) is 9.97 Å². The highest BCUT2D eigenvalue weighted by Gasteiger charge is 2.35. The molecule has 0 bridgehead atoms. The van der Waals surface area contributed by atoms with Crippen molar-refractivity contribution in [1.29, 1.82) is 0 Å². The summed E-state index contributed by atoms with van der Waals surface area (Å²) in [6, 6.07) is 7.22. The van der Waals surface area contributed by atoms with Crippen LogP contribution in [0, 0.1) is 0 Å². The summed E-state index contributed by atoms with van der Waals surface area (Å²) >= 11 is 1.26. The van der Waals surface area contributed by atoms with Crippen molar-refractivity contribution >= 4 is 32.5 Å². The first kappa shape index (κ1) is 14.8. The molecular formula is C15H16N4O2S2. The van der Waals surface area contributed by atoms with Gasteiger partial charge in [0.1, 0.15) is 15.6 Å². The lowest BCUT2D eigenvalue weighted by Gasteiger charge is -2.15. The lowest BCUT2D eigenvalue weighted by molar-refractivity contribution is 0.472. The number of sulfonamides is 1. The molecule has 0 amide bonds. The number of aryl methyl sites for hydroxylation is 1. The molecule has 120 valence electrons. The summed E-state index contributed by atoms with van der Waals surface area (Å²) in [7, 11) is -1.44. The normalized spacial score (nSPS) is 19.6. The fraction of sp³-hybridized carbons (Fsp3) is 0.333. The molecule has 0 aromatic carbocycles. The minimum Gasteiger partial charge on any atom is -0.316 e. The molecule has 1 saturated heterocycles. The van der Waals surface area contributed by atoms with Crippen LogP contribution in [0.15, 0.2) is 40.1 Å². The number of hydrogen-bond acceptors (Lipinski definition) is 5. The topological polar surface area (TPSA) is 68.1 Å². The van der Waals surface area contributed by atoms with Gasteiger partial charge in [0.2, 0.25) is 0 Å². The van der Waals surface area contributed by atoms with Crippen LogP contribution in [0.1, 0.15) is 18.2 Å². The number of rotatable bonds is 3. The molecule has 8 heteroatoms. The second-order valence-electron chi connectivity index (χ2n) is 5.66. The van der Waals surface area contributed by atoms with Gasteiger partial charge in [0.25, 0.3) is 10.0 Å². The fourth-order valence-corrected chi connectivity index (χ4v) is 5.75. The van der Waals surface area contributed by atoms with E-state index in [0.29, 0.717) is 17.3 Å². The molecule has 3 aromatic heterocycles. The van der Waals surface area contributed by atoms with Gasteiger partial charge in [-0.1, -0.05) is 6.07 Å². The van der Waals surface area contributed by atoms with Crippen molar-refractivity contribution < 1.29 is 8.42 Å². The van der Waals surface area contributed by atoms with Crippen LogP contribution in [-0.4, -0.2) is 40.3 Å². The van der Waals surface area contributed by atoms with Gasteiger partial charge in [-0.15, -0.1) is 11.3 Å². The Kier molecular flexibility index (Phi) is 3.47. The third-order valence-electron chi connectivity index (χ3n) is 4.27. The van der Waals surface area contributed by atoms with Gasteiger partial charge in [-0.2, -0.15) is 4.31 Å². The van der Waals surface area contributed by atoms with Gasteiger partial charge in [0.05, 0.1) is 0 Å². The summed E-state index contributed by atoms with van der Waals surface area (Å²) in [5.41, 5.74) is 1.69. The highest BCUT2D eigenvalue weighted by atomic mass is 32.2. The van der Waals surface area contributed by atoms with Crippen LogP contribution < -0.4 is 0 Å². The second-order valence-corrected chi connectivity index (χ2v) is 8.77. The lowest BCUT2D eigenvalue weighted by atomic mass is 10.1. The van der Waals surface area contributed by atoms with Crippen molar-refractivity contribution in [3.63, 3.8) is 0 Å². The van der Waals surface area contributed by atoms with E-state index in [1.807, 2.05) is 23.7 Å². The Hall–Kier alpha value is -1.77. The summed E-state index contributed by atoms with van der Waals surface area (Å²) in [5.74, 6) is 1.01. The van der Waals surface area contributed by atoms with Gasteiger partial charge in [-0.3, -0.25) is 0 Å². The predicted octanol–water partition coefficient (Wildman–Crippen LogP) is 2.21. The predicted molar refractivity (Wildman–Crippen MR) is 88.9 cm³/mol. The average Bonchev–Trinajstić information content (AvgIpc) is 3.28. The molecule has 4 rings (SSSR count). The minimum atomic E-state index is -3.38. The summed E-state index contributed by atoms with van der Waals surface area (Å²) < 4.78 is 29.2. The smallest absolute Gasteiger partial charge is 0.252 e. The Balaban J connectivity index is 1.64.